The third-order valence-corrected chi connectivity index (χ3v) is 4.23. The number of carbonyl (C=O) groups is 1. The predicted molar refractivity (Wildman–Crippen MR) is 128 cm³/mol. The van der Waals surface area contributed by atoms with Gasteiger partial charge in [-0.1, -0.05) is 100 Å². The third-order valence-electron chi connectivity index (χ3n) is 4.23. The number of esters is 1. The van der Waals surface area contributed by atoms with Crippen LogP contribution in [0.25, 0.3) is 0 Å². The Balaban J connectivity index is 3.67. The van der Waals surface area contributed by atoms with E-state index in [4.69, 9.17) is 4.74 Å². The number of allylic oxidation sites excluding steroid dienone is 12. The Bertz CT molecular complexity index is 547. The molecule has 1 atom stereocenters. The molecule has 0 spiro atoms. The molecule has 0 fully saturated rings. The molecule has 0 aliphatic rings. The van der Waals surface area contributed by atoms with E-state index in [0.29, 0.717) is 6.61 Å². The van der Waals surface area contributed by atoms with Crippen molar-refractivity contribution in [3.8, 4) is 0 Å². The van der Waals surface area contributed by atoms with Crippen LogP contribution in [0.4, 0.5) is 0 Å². The Morgan fingerprint density at radius 1 is 0.690 bits per heavy atom. The molecule has 0 aliphatic carbocycles. The van der Waals surface area contributed by atoms with E-state index in [1.165, 1.54) is 0 Å². The molecule has 0 rings (SSSR count). The van der Waals surface area contributed by atoms with Crippen LogP contribution < -0.4 is 0 Å². The molecule has 2 heteroatoms. The van der Waals surface area contributed by atoms with Gasteiger partial charge in [0.2, 0.25) is 0 Å². The summed E-state index contributed by atoms with van der Waals surface area (Å²) >= 11 is 0. The van der Waals surface area contributed by atoms with Gasteiger partial charge in [0, 0.05) is 0 Å². The zero-order valence-corrected chi connectivity index (χ0v) is 18.9. The number of rotatable bonds is 17. The summed E-state index contributed by atoms with van der Waals surface area (Å²) in [5, 5.41) is 0. The molecule has 29 heavy (non-hydrogen) atoms. The zero-order chi connectivity index (χ0) is 21.4. The molecular weight excluding hydrogens is 356 g/mol. The van der Waals surface area contributed by atoms with Gasteiger partial charge < -0.3 is 4.74 Å². The molecule has 162 valence electrons. The highest BCUT2D eigenvalue weighted by atomic mass is 16.5. The number of carbonyl (C=O) groups excluding carboxylic acids is 1. The summed E-state index contributed by atoms with van der Waals surface area (Å²) in [7, 11) is 0. The van der Waals surface area contributed by atoms with Crippen molar-refractivity contribution in [3.05, 3.63) is 72.9 Å². The summed E-state index contributed by atoms with van der Waals surface area (Å²) < 4.78 is 5.23. The second-order valence-corrected chi connectivity index (χ2v) is 7.07. The molecule has 0 aromatic heterocycles. The van der Waals surface area contributed by atoms with Crippen LogP contribution in [0.15, 0.2) is 72.9 Å². The maximum atomic E-state index is 11.7. The number of hydrogen-bond acceptors (Lipinski definition) is 2. The lowest BCUT2D eigenvalue weighted by Crippen LogP contribution is -2.14. The van der Waals surface area contributed by atoms with E-state index >= 15 is 0 Å². The van der Waals surface area contributed by atoms with Gasteiger partial charge in [0.05, 0.1) is 12.5 Å². The molecule has 0 saturated carbocycles. The Labute approximate surface area is 179 Å². The van der Waals surface area contributed by atoms with Crippen molar-refractivity contribution in [1.82, 2.24) is 0 Å². The molecule has 0 aromatic rings. The minimum atomic E-state index is -0.0852. The Hall–Kier alpha value is -2.09. The first-order valence-corrected chi connectivity index (χ1v) is 11.3. The number of unbranched alkanes of at least 4 members (excludes halogenated alkanes) is 1. The molecular formula is C27H42O2. The van der Waals surface area contributed by atoms with Gasteiger partial charge >= 0.3 is 5.97 Å². The summed E-state index contributed by atoms with van der Waals surface area (Å²) in [6, 6.07) is 0. The van der Waals surface area contributed by atoms with Gasteiger partial charge in [-0.3, -0.25) is 4.79 Å². The van der Waals surface area contributed by atoms with Crippen molar-refractivity contribution in [2.24, 2.45) is 5.92 Å². The molecule has 0 bridgehead atoms. The van der Waals surface area contributed by atoms with Crippen LogP contribution in [0, 0.1) is 5.92 Å². The van der Waals surface area contributed by atoms with E-state index in [1.807, 2.05) is 6.92 Å². The minimum absolute atomic E-state index is 0.0588. The summed E-state index contributed by atoms with van der Waals surface area (Å²) in [5.74, 6) is -0.144. The van der Waals surface area contributed by atoms with Gasteiger partial charge in [0.1, 0.15) is 0 Å². The van der Waals surface area contributed by atoms with Crippen LogP contribution in [0.3, 0.4) is 0 Å². The molecule has 0 saturated heterocycles. The van der Waals surface area contributed by atoms with Crippen LogP contribution in [0.1, 0.15) is 78.6 Å². The van der Waals surface area contributed by atoms with Crippen LogP contribution >= 0.6 is 0 Å². The Kier molecular flexibility index (Phi) is 20.6. The van der Waals surface area contributed by atoms with E-state index < -0.39 is 0 Å². The van der Waals surface area contributed by atoms with E-state index in [0.717, 1.165) is 57.8 Å². The zero-order valence-electron chi connectivity index (χ0n) is 18.9. The molecule has 0 aromatic carbocycles. The molecule has 0 heterocycles. The first-order chi connectivity index (χ1) is 14.2. The second-order valence-electron chi connectivity index (χ2n) is 7.07. The smallest absolute Gasteiger partial charge is 0.308 e. The summed E-state index contributed by atoms with van der Waals surface area (Å²) in [5.41, 5.74) is 0. The van der Waals surface area contributed by atoms with Gasteiger partial charge in [-0.25, -0.2) is 0 Å². The minimum Gasteiger partial charge on any atom is -0.465 e. The highest BCUT2D eigenvalue weighted by Gasteiger charge is 2.11. The fourth-order valence-corrected chi connectivity index (χ4v) is 2.38. The fourth-order valence-electron chi connectivity index (χ4n) is 2.38. The topological polar surface area (TPSA) is 26.3 Å². The predicted octanol–water partition coefficient (Wildman–Crippen LogP) is 8.05. The average molecular weight is 399 g/mol. The molecule has 1 unspecified atom stereocenters. The quantitative estimate of drug-likeness (QED) is 0.141. The van der Waals surface area contributed by atoms with E-state index in [1.54, 1.807) is 0 Å². The van der Waals surface area contributed by atoms with Crippen molar-refractivity contribution in [1.29, 1.82) is 0 Å². The Morgan fingerprint density at radius 3 is 1.52 bits per heavy atom. The lowest BCUT2D eigenvalue weighted by atomic mass is 10.1. The van der Waals surface area contributed by atoms with Gasteiger partial charge in [-0.15, -0.1) is 0 Å². The molecule has 0 aliphatic heterocycles. The maximum Gasteiger partial charge on any atom is 0.308 e. The van der Waals surface area contributed by atoms with Crippen LogP contribution in [-0.2, 0) is 9.53 Å². The molecule has 0 radical (unpaired) electrons. The van der Waals surface area contributed by atoms with E-state index in [2.05, 4.69) is 86.8 Å². The maximum absolute atomic E-state index is 11.7. The number of ether oxygens (including phenoxy) is 1. The first-order valence-electron chi connectivity index (χ1n) is 11.3. The highest BCUT2D eigenvalue weighted by Crippen LogP contribution is 2.07. The largest absolute Gasteiger partial charge is 0.465 e. The van der Waals surface area contributed by atoms with Crippen molar-refractivity contribution in [2.75, 3.05) is 6.61 Å². The second kappa shape index (κ2) is 22.2. The normalized spacial score (nSPS) is 13.9. The third kappa shape index (κ3) is 20.5. The van der Waals surface area contributed by atoms with E-state index in [-0.39, 0.29) is 11.9 Å². The van der Waals surface area contributed by atoms with E-state index in [9.17, 15) is 4.79 Å². The summed E-state index contributed by atoms with van der Waals surface area (Å²) in [4.78, 5) is 11.7. The molecule has 2 nitrogen and oxygen atoms in total. The van der Waals surface area contributed by atoms with Crippen LogP contribution in [0.5, 0.6) is 0 Å². The monoisotopic (exact) mass is 398 g/mol. The summed E-state index contributed by atoms with van der Waals surface area (Å²) in [6.07, 6.45) is 35.0. The molecule has 0 N–H and O–H groups in total. The average Bonchev–Trinajstić information content (AvgIpc) is 2.72. The lowest BCUT2D eigenvalue weighted by Gasteiger charge is -2.08. The Morgan fingerprint density at radius 2 is 1.10 bits per heavy atom. The summed E-state index contributed by atoms with van der Waals surface area (Å²) in [6.45, 7) is 6.72. The van der Waals surface area contributed by atoms with Crippen molar-refractivity contribution in [2.45, 2.75) is 78.6 Å². The standard InChI is InChI=1S/C27H42O2/c1-4-6-8-9-10-11-12-13-14-15-16-17-18-19-20-21-22-23-24-26(3)27(28)29-25-7-5-2/h6,8,10-11,13-14,16-17,19-20,22-23,26H,4-5,7,9,12,15,18,21,24-25H2,1-3H3/b8-6-,11-10-,14-13-,17-16-,20-19-,23-22-. The highest BCUT2D eigenvalue weighted by molar-refractivity contribution is 5.72. The number of hydrogen-bond donors (Lipinski definition) is 0. The SMILES string of the molecule is CC/C=C\C/C=C\C/C=C\C/C=C\C/C=C\C/C=C\CC(C)C(=O)OCCCC. The van der Waals surface area contributed by atoms with Crippen LogP contribution in [-0.4, -0.2) is 12.6 Å². The van der Waals surface area contributed by atoms with Gasteiger partial charge in [0.15, 0.2) is 0 Å². The lowest BCUT2D eigenvalue weighted by molar-refractivity contribution is -0.147. The van der Waals surface area contributed by atoms with Gasteiger partial charge in [-0.2, -0.15) is 0 Å². The van der Waals surface area contributed by atoms with Gasteiger partial charge in [0.25, 0.3) is 0 Å². The van der Waals surface area contributed by atoms with Crippen molar-refractivity contribution < 1.29 is 9.53 Å². The molecule has 0 amide bonds. The van der Waals surface area contributed by atoms with Crippen LogP contribution in [0.2, 0.25) is 0 Å². The fraction of sp³-hybridized carbons (Fsp3) is 0.519. The first kappa shape index (κ1) is 26.9. The van der Waals surface area contributed by atoms with Gasteiger partial charge in [-0.05, 0) is 51.4 Å². The van der Waals surface area contributed by atoms with Crippen molar-refractivity contribution in [3.63, 3.8) is 0 Å². The van der Waals surface area contributed by atoms with Crippen molar-refractivity contribution >= 4 is 5.97 Å².